The van der Waals surface area contributed by atoms with Crippen molar-refractivity contribution >= 4 is 11.6 Å². The number of β-amino-alcohol motifs (C(OH)–C–C–N with tert-alkyl or cyclic N) is 1. The molecule has 0 bridgehead atoms. The molecule has 0 aromatic heterocycles. The zero-order valence-electron chi connectivity index (χ0n) is 15.2. The molecule has 1 aliphatic heterocycles. The normalized spacial score (nSPS) is 18.6. The van der Waals surface area contributed by atoms with Crippen LogP contribution in [0, 0.1) is 0 Å². The number of hydrogen-bond acceptors (Lipinski definition) is 4. The highest BCUT2D eigenvalue weighted by atomic mass is 16.3. The molecule has 138 valence electrons. The molecule has 1 heterocycles. The lowest BCUT2D eigenvalue weighted by Crippen LogP contribution is -2.39. The molecule has 2 atom stereocenters. The summed E-state index contributed by atoms with van der Waals surface area (Å²) in [5, 5.41) is 9.82. The second-order valence-corrected chi connectivity index (χ2v) is 7.01. The highest BCUT2D eigenvalue weighted by molar-refractivity contribution is 5.80. The summed E-state index contributed by atoms with van der Waals surface area (Å²) in [5.74, 6) is 0.0384. The predicted octanol–water partition coefficient (Wildman–Crippen LogP) is 2.08. The number of nitrogens with two attached hydrogens (primary N) is 1. The lowest BCUT2D eigenvalue weighted by Gasteiger charge is -2.32. The van der Waals surface area contributed by atoms with Crippen LogP contribution in [0.25, 0.3) is 0 Å². The number of aliphatic hydroxyl groups is 1. The number of nitrogens with zero attached hydrogens (tertiary/aromatic N) is 2. The third kappa shape index (κ3) is 4.42. The highest BCUT2D eigenvalue weighted by Gasteiger charge is 2.28. The van der Waals surface area contributed by atoms with Gasteiger partial charge in [0.1, 0.15) is 0 Å². The van der Waals surface area contributed by atoms with Crippen LogP contribution < -0.4 is 5.73 Å². The molecule has 3 rings (SSSR count). The molecule has 2 aromatic rings. The van der Waals surface area contributed by atoms with Crippen LogP contribution in [-0.4, -0.2) is 53.6 Å². The largest absolute Gasteiger partial charge is 0.398 e. The van der Waals surface area contributed by atoms with Gasteiger partial charge < -0.3 is 15.7 Å². The van der Waals surface area contributed by atoms with Crippen molar-refractivity contribution in [3.8, 4) is 0 Å². The van der Waals surface area contributed by atoms with Gasteiger partial charge in [0.15, 0.2) is 0 Å². The first-order valence-electron chi connectivity index (χ1n) is 9.09. The first-order chi connectivity index (χ1) is 12.5. The summed E-state index contributed by atoms with van der Waals surface area (Å²) >= 11 is 0. The second kappa shape index (κ2) is 8.34. The predicted molar refractivity (Wildman–Crippen MR) is 104 cm³/mol. The molecule has 1 unspecified atom stereocenters. The van der Waals surface area contributed by atoms with Gasteiger partial charge >= 0.3 is 0 Å². The number of hydrogen-bond donors (Lipinski definition) is 2. The first kappa shape index (κ1) is 18.4. The molecule has 3 N–H and O–H groups in total. The maximum Gasteiger partial charge on any atom is 0.227 e. The van der Waals surface area contributed by atoms with E-state index in [9.17, 15) is 9.90 Å². The number of carbonyl (C=O) groups excluding carboxylic acids is 1. The van der Waals surface area contributed by atoms with E-state index in [1.165, 1.54) is 0 Å². The van der Waals surface area contributed by atoms with E-state index in [1.807, 2.05) is 54.4 Å². The summed E-state index contributed by atoms with van der Waals surface area (Å²) in [4.78, 5) is 17.0. The van der Waals surface area contributed by atoms with Gasteiger partial charge in [0, 0.05) is 32.4 Å². The molecule has 0 aliphatic carbocycles. The smallest absolute Gasteiger partial charge is 0.227 e. The Hall–Kier alpha value is -2.37. The van der Waals surface area contributed by atoms with Gasteiger partial charge in [-0.25, -0.2) is 0 Å². The molecule has 1 aliphatic rings. The van der Waals surface area contributed by atoms with Crippen LogP contribution in [0.2, 0.25) is 0 Å². The fourth-order valence-electron chi connectivity index (χ4n) is 3.51. The Morgan fingerprint density at radius 2 is 1.92 bits per heavy atom. The zero-order chi connectivity index (χ0) is 18.5. The van der Waals surface area contributed by atoms with Gasteiger partial charge in [0.05, 0.1) is 18.6 Å². The Balaban J connectivity index is 1.76. The van der Waals surface area contributed by atoms with Crippen LogP contribution in [0.4, 0.5) is 5.69 Å². The summed E-state index contributed by atoms with van der Waals surface area (Å²) in [5.41, 5.74) is 8.60. The average Bonchev–Trinajstić information content (AvgIpc) is 3.06. The quantitative estimate of drug-likeness (QED) is 0.780. The van der Waals surface area contributed by atoms with E-state index in [0.717, 1.165) is 24.1 Å². The van der Waals surface area contributed by atoms with E-state index in [4.69, 9.17) is 5.73 Å². The molecule has 5 heteroatoms. The molecule has 0 radical (unpaired) electrons. The number of likely N-dealkylation sites (N-methyl/N-ethyl adjacent to an activating group) is 1. The number of amides is 1. The van der Waals surface area contributed by atoms with Crippen molar-refractivity contribution in [1.82, 2.24) is 9.80 Å². The SMILES string of the molecule is CN(C(=O)Cc1ccccc1N)[C@H](CN1CCC(O)C1)c1ccccc1. The number of benzene rings is 2. The average molecular weight is 353 g/mol. The molecule has 1 fully saturated rings. The van der Waals surface area contributed by atoms with Crippen LogP contribution in [0.3, 0.4) is 0 Å². The van der Waals surface area contributed by atoms with E-state index in [1.54, 1.807) is 0 Å². The molecule has 26 heavy (non-hydrogen) atoms. The number of rotatable bonds is 6. The topological polar surface area (TPSA) is 69.8 Å². The molecular weight excluding hydrogens is 326 g/mol. The van der Waals surface area contributed by atoms with Crippen LogP contribution in [0.1, 0.15) is 23.6 Å². The van der Waals surface area contributed by atoms with Gasteiger partial charge in [-0.1, -0.05) is 48.5 Å². The van der Waals surface area contributed by atoms with Crippen molar-refractivity contribution in [2.45, 2.75) is 25.0 Å². The van der Waals surface area contributed by atoms with E-state index >= 15 is 0 Å². The lowest BCUT2D eigenvalue weighted by atomic mass is 10.0. The summed E-state index contributed by atoms with van der Waals surface area (Å²) in [6.45, 7) is 2.24. The van der Waals surface area contributed by atoms with Crippen molar-refractivity contribution in [2.24, 2.45) is 0 Å². The van der Waals surface area contributed by atoms with Crippen LogP contribution in [-0.2, 0) is 11.2 Å². The van der Waals surface area contributed by atoms with Crippen LogP contribution in [0.5, 0.6) is 0 Å². The first-order valence-corrected chi connectivity index (χ1v) is 9.09. The van der Waals surface area contributed by atoms with Gasteiger partial charge in [-0.15, -0.1) is 0 Å². The minimum atomic E-state index is -0.267. The molecule has 2 aromatic carbocycles. The van der Waals surface area contributed by atoms with E-state index in [0.29, 0.717) is 18.8 Å². The van der Waals surface area contributed by atoms with E-state index in [-0.39, 0.29) is 24.5 Å². The summed E-state index contributed by atoms with van der Waals surface area (Å²) < 4.78 is 0. The number of likely N-dealkylation sites (tertiary alicyclic amines) is 1. The number of carbonyl (C=O) groups is 1. The van der Waals surface area contributed by atoms with Crippen LogP contribution in [0.15, 0.2) is 54.6 Å². The maximum absolute atomic E-state index is 12.9. The van der Waals surface area contributed by atoms with Crippen molar-refractivity contribution in [1.29, 1.82) is 0 Å². The fraction of sp³-hybridized carbons (Fsp3) is 0.381. The molecular formula is C21H27N3O2. The Morgan fingerprint density at radius 1 is 1.23 bits per heavy atom. The Labute approximate surface area is 155 Å². The number of nitrogen functional groups attached to an aromatic ring is 1. The van der Waals surface area contributed by atoms with Crippen molar-refractivity contribution in [3.63, 3.8) is 0 Å². The minimum absolute atomic E-state index is 0.0384. The Morgan fingerprint density at radius 3 is 2.58 bits per heavy atom. The monoisotopic (exact) mass is 353 g/mol. The number of anilines is 1. The van der Waals surface area contributed by atoms with Gasteiger partial charge in [0.2, 0.25) is 5.91 Å². The Bertz CT molecular complexity index is 735. The summed E-state index contributed by atoms with van der Waals surface area (Å²) in [6, 6.07) is 17.5. The number of para-hydroxylation sites is 1. The van der Waals surface area contributed by atoms with E-state index < -0.39 is 0 Å². The van der Waals surface area contributed by atoms with E-state index in [2.05, 4.69) is 17.0 Å². The van der Waals surface area contributed by atoms with Crippen molar-refractivity contribution in [3.05, 3.63) is 65.7 Å². The third-order valence-electron chi connectivity index (χ3n) is 5.12. The maximum atomic E-state index is 12.9. The summed E-state index contributed by atoms with van der Waals surface area (Å²) in [6.07, 6.45) is 0.811. The third-order valence-corrected chi connectivity index (χ3v) is 5.12. The lowest BCUT2D eigenvalue weighted by molar-refractivity contribution is -0.131. The molecule has 5 nitrogen and oxygen atoms in total. The molecule has 1 amide bonds. The highest BCUT2D eigenvalue weighted by Crippen LogP contribution is 2.24. The van der Waals surface area contributed by atoms with Crippen molar-refractivity contribution in [2.75, 3.05) is 32.4 Å². The molecule has 0 saturated carbocycles. The zero-order valence-corrected chi connectivity index (χ0v) is 15.2. The van der Waals surface area contributed by atoms with Gasteiger partial charge in [-0.3, -0.25) is 9.69 Å². The summed E-state index contributed by atoms with van der Waals surface area (Å²) in [7, 11) is 1.85. The van der Waals surface area contributed by atoms with Crippen molar-refractivity contribution < 1.29 is 9.90 Å². The number of aliphatic hydroxyl groups excluding tert-OH is 1. The van der Waals surface area contributed by atoms with Gasteiger partial charge in [-0.05, 0) is 23.6 Å². The fourth-order valence-corrected chi connectivity index (χ4v) is 3.51. The second-order valence-electron chi connectivity index (χ2n) is 7.01. The van der Waals surface area contributed by atoms with Crippen LogP contribution >= 0.6 is 0 Å². The molecule has 0 spiro atoms. The minimum Gasteiger partial charge on any atom is -0.398 e. The van der Waals surface area contributed by atoms with Gasteiger partial charge in [0.25, 0.3) is 0 Å². The standard InChI is InChI=1S/C21H27N3O2/c1-23(21(26)13-17-9-5-6-10-19(17)22)20(16-7-3-2-4-8-16)15-24-12-11-18(25)14-24/h2-10,18,20,25H,11-15,22H2,1H3/t18?,20-/m1/s1. The molecule has 1 saturated heterocycles. The van der Waals surface area contributed by atoms with Gasteiger partial charge in [-0.2, -0.15) is 0 Å². The Kier molecular flexibility index (Phi) is 5.91.